The van der Waals surface area contributed by atoms with Crippen molar-refractivity contribution < 1.29 is 30.3 Å². The van der Waals surface area contributed by atoms with E-state index >= 15 is 0 Å². The molecule has 0 radical (unpaired) electrons. The number of nitrogens with one attached hydrogen (secondary N) is 2. The van der Waals surface area contributed by atoms with Gasteiger partial charge in [-0.3, -0.25) is 0 Å². The van der Waals surface area contributed by atoms with Gasteiger partial charge in [0.25, 0.3) is 0 Å². The number of ether oxygens (including phenoxy) is 1. The molecule has 1 aromatic carbocycles. The summed E-state index contributed by atoms with van der Waals surface area (Å²) in [5.74, 6) is 7.31. The summed E-state index contributed by atoms with van der Waals surface area (Å²) in [6.45, 7) is 2.26. The summed E-state index contributed by atoms with van der Waals surface area (Å²) >= 11 is 0. The Kier molecular flexibility index (Phi) is 13.2. The quantitative estimate of drug-likeness (QED) is 0.131. The Morgan fingerprint density at radius 2 is 1.90 bits per heavy atom. The van der Waals surface area contributed by atoms with E-state index in [0.717, 1.165) is 68.2 Å². The van der Waals surface area contributed by atoms with Crippen LogP contribution in [0.25, 0.3) is 0 Å². The van der Waals surface area contributed by atoms with Crippen LogP contribution in [0.5, 0.6) is 11.5 Å². The molecule has 2 aliphatic carbocycles. The zero-order valence-electron chi connectivity index (χ0n) is 29.0. The van der Waals surface area contributed by atoms with Crippen molar-refractivity contribution in [1.29, 1.82) is 0 Å². The zero-order chi connectivity index (χ0) is 34.8. The standard InChI is InChI=1S/C40H57N3O6/c1-2-27-9-3-4-12-32(45)30(11-7-10-27)33(46)16-14-28-15-17-34(47)36(23-28)49-37(35(48)26-44)25-31(29-18-22-43-39(41)24-29)40(19-5-6-20-40)38-13-8-21-42-38/h8,13,15,17-18,21,23-24,27,30-33,35,37,42-48H,2-6,9,11-12,14,16,19-20,22,25-26,41H2,1H3/t27-,30-,31+,32-,33+,35+,37+/m0/s1. The Labute approximate surface area is 291 Å². The molecule has 268 valence electrons. The van der Waals surface area contributed by atoms with Gasteiger partial charge in [-0.2, -0.15) is 0 Å². The molecule has 0 spiro atoms. The third-order valence-electron chi connectivity index (χ3n) is 11.2. The highest BCUT2D eigenvalue weighted by molar-refractivity contribution is 5.42. The molecule has 2 aromatic rings. The number of hydrogen-bond donors (Lipinski definition) is 8. The van der Waals surface area contributed by atoms with E-state index in [-0.39, 0.29) is 28.7 Å². The highest BCUT2D eigenvalue weighted by Crippen LogP contribution is 2.51. The number of aromatic nitrogens is 1. The number of hydrogen-bond acceptors (Lipinski definition) is 8. The van der Waals surface area contributed by atoms with Gasteiger partial charge in [-0.05, 0) is 98.8 Å². The lowest BCUT2D eigenvalue weighted by molar-refractivity contribution is -0.0153. The van der Waals surface area contributed by atoms with Crippen molar-refractivity contribution in [2.75, 3.05) is 13.2 Å². The van der Waals surface area contributed by atoms with Crippen LogP contribution < -0.4 is 15.8 Å². The number of aliphatic hydroxyl groups excluding tert-OH is 4. The summed E-state index contributed by atoms with van der Waals surface area (Å²) in [4.78, 5) is 3.47. The van der Waals surface area contributed by atoms with Crippen LogP contribution >= 0.6 is 0 Å². The third kappa shape index (κ3) is 9.23. The minimum Gasteiger partial charge on any atom is -0.504 e. The van der Waals surface area contributed by atoms with Gasteiger partial charge in [0.05, 0.1) is 24.6 Å². The first kappa shape index (κ1) is 36.9. The summed E-state index contributed by atoms with van der Waals surface area (Å²) in [6, 6.07) is 9.27. The smallest absolute Gasteiger partial charge is 0.161 e. The number of allylic oxidation sites excluding steroid dienone is 2. The largest absolute Gasteiger partial charge is 0.504 e. The molecule has 49 heavy (non-hydrogen) atoms. The summed E-state index contributed by atoms with van der Waals surface area (Å²) < 4.78 is 6.44. The molecule has 1 aliphatic heterocycles. The van der Waals surface area contributed by atoms with E-state index in [1.54, 1.807) is 18.2 Å². The Hall–Kier alpha value is -3.42. The second-order valence-electron chi connectivity index (χ2n) is 14.4. The SMILES string of the molecule is CC[C@@H]1C#CC[C@H]([C@H](O)CCc2ccc(O)c(O[C@H](C[C@H](C3=CCNC(N)=C3)C3(c4ccc[nH]4)CCCC3)[C@H](O)CO)c2)[C@@H](O)CCCC1. The zero-order valence-corrected chi connectivity index (χ0v) is 29.0. The van der Waals surface area contributed by atoms with Gasteiger partial charge in [-0.1, -0.05) is 50.7 Å². The Morgan fingerprint density at radius 1 is 1.10 bits per heavy atom. The number of nitrogens with two attached hydrogens (primary N) is 1. The fraction of sp³-hybridized carbons (Fsp3) is 0.600. The lowest BCUT2D eigenvalue weighted by Gasteiger charge is -2.41. The van der Waals surface area contributed by atoms with Crippen molar-refractivity contribution in [2.45, 2.75) is 120 Å². The molecular formula is C40H57N3O6. The van der Waals surface area contributed by atoms with Crippen molar-refractivity contribution in [3.05, 3.63) is 71.3 Å². The van der Waals surface area contributed by atoms with Crippen LogP contribution in [-0.4, -0.2) is 68.1 Å². The maximum absolute atomic E-state index is 11.2. The molecule has 7 atom stereocenters. The molecule has 1 saturated carbocycles. The number of dihydropyridines is 1. The van der Waals surface area contributed by atoms with Gasteiger partial charge < -0.3 is 46.3 Å². The number of aromatic hydroxyl groups is 1. The fourth-order valence-electron chi connectivity index (χ4n) is 8.27. The number of rotatable bonds is 14. The third-order valence-corrected chi connectivity index (χ3v) is 11.2. The van der Waals surface area contributed by atoms with Gasteiger partial charge in [-0.15, -0.1) is 5.92 Å². The first-order valence-corrected chi connectivity index (χ1v) is 18.4. The molecule has 9 N–H and O–H groups in total. The Bertz CT molecular complexity index is 1450. The topological polar surface area (TPSA) is 164 Å². The number of aliphatic hydroxyl groups is 4. The van der Waals surface area contributed by atoms with E-state index in [2.05, 4.69) is 41.2 Å². The van der Waals surface area contributed by atoms with Crippen LogP contribution in [0.3, 0.4) is 0 Å². The number of aromatic amines is 1. The van der Waals surface area contributed by atoms with Crippen molar-refractivity contribution in [1.82, 2.24) is 10.3 Å². The molecule has 1 aromatic heterocycles. The van der Waals surface area contributed by atoms with Crippen molar-refractivity contribution >= 4 is 0 Å². The maximum atomic E-state index is 11.2. The molecule has 5 rings (SSSR count). The van der Waals surface area contributed by atoms with E-state index < -0.39 is 31.0 Å². The second-order valence-corrected chi connectivity index (χ2v) is 14.4. The van der Waals surface area contributed by atoms with Gasteiger partial charge in [0.1, 0.15) is 12.2 Å². The predicted octanol–water partition coefficient (Wildman–Crippen LogP) is 4.93. The second kappa shape index (κ2) is 17.5. The van der Waals surface area contributed by atoms with Crippen LogP contribution in [-0.2, 0) is 11.8 Å². The average Bonchev–Trinajstić information content (AvgIpc) is 3.83. The summed E-state index contributed by atoms with van der Waals surface area (Å²) in [7, 11) is 0. The summed E-state index contributed by atoms with van der Waals surface area (Å²) in [5, 5.41) is 57.6. The lowest BCUT2D eigenvalue weighted by atomic mass is 9.65. The van der Waals surface area contributed by atoms with Crippen molar-refractivity contribution in [3.63, 3.8) is 0 Å². The summed E-state index contributed by atoms with van der Waals surface area (Å²) in [6.07, 6.45) is 13.2. The molecule has 3 aliphatic rings. The maximum Gasteiger partial charge on any atom is 0.161 e. The van der Waals surface area contributed by atoms with Gasteiger partial charge in [0, 0.05) is 42.1 Å². The fourth-order valence-corrected chi connectivity index (χ4v) is 8.27. The molecule has 0 saturated heterocycles. The van der Waals surface area contributed by atoms with Crippen LogP contribution in [0.4, 0.5) is 0 Å². The van der Waals surface area contributed by atoms with E-state index in [1.807, 2.05) is 18.3 Å². The molecule has 0 unspecified atom stereocenters. The first-order chi connectivity index (χ1) is 23.7. The van der Waals surface area contributed by atoms with Gasteiger partial charge in [0.2, 0.25) is 0 Å². The molecule has 9 nitrogen and oxygen atoms in total. The molecule has 0 bridgehead atoms. The molecular weight excluding hydrogens is 618 g/mol. The normalized spacial score (nSPS) is 25.0. The van der Waals surface area contributed by atoms with Crippen LogP contribution in [0, 0.1) is 29.6 Å². The van der Waals surface area contributed by atoms with E-state index in [9.17, 15) is 25.5 Å². The number of H-pyrrole nitrogens is 1. The number of aryl methyl sites for hydroxylation is 1. The Morgan fingerprint density at radius 3 is 2.61 bits per heavy atom. The predicted molar refractivity (Wildman–Crippen MR) is 191 cm³/mol. The number of benzene rings is 1. The monoisotopic (exact) mass is 675 g/mol. The molecule has 0 amide bonds. The van der Waals surface area contributed by atoms with E-state index in [0.29, 0.717) is 50.4 Å². The Balaban J connectivity index is 1.35. The van der Waals surface area contributed by atoms with E-state index in [4.69, 9.17) is 10.5 Å². The van der Waals surface area contributed by atoms with Gasteiger partial charge in [0.15, 0.2) is 11.5 Å². The lowest BCUT2D eigenvalue weighted by Crippen LogP contribution is -2.43. The van der Waals surface area contributed by atoms with E-state index in [1.165, 1.54) is 0 Å². The number of phenols is 1. The van der Waals surface area contributed by atoms with Crippen molar-refractivity contribution in [2.24, 2.45) is 23.5 Å². The molecule has 2 heterocycles. The molecule has 1 fully saturated rings. The minimum absolute atomic E-state index is 0.0651. The first-order valence-electron chi connectivity index (χ1n) is 18.4. The van der Waals surface area contributed by atoms with Gasteiger partial charge in [-0.25, -0.2) is 0 Å². The highest BCUT2D eigenvalue weighted by atomic mass is 16.5. The van der Waals surface area contributed by atoms with Gasteiger partial charge >= 0.3 is 0 Å². The average molecular weight is 676 g/mol. The number of phenolic OH excluding ortho intramolecular Hbond substituents is 1. The summed E-state index contributed by atoms with van der Waals surface area (Å²) in [5.41, 5.74) is 9.07. The van der Waals surface area contributed by atoms with Crippen LogP contribution in [0.15, 0.2) is 60.1 Å². The molecule has 9 heteroatoms. The minimum atomic E-state index is -1.19. The van der Waals surface area contributed by atoms with Crippen LogP contribution in [0.2, 0.25) is 0 Å². The highest BCUT2D eigenvalue weighted by Gasteiger charge is 2.46. The van der Waals surface area contributed by atoms with Crippen molar-refractivity contribution in [3.8, 4) is 23.3 Å². The van der Waals surface area contributed by atoms with Crippen LogP contribution in [0.1, 0.15) is 95.2 Å².